The maximum atomic E-state index is 11.3. The minimum Gasteiger partial charge on any atom is -0.379 e. The predicted octanol–water partition coefficient (Wildman–Crippen LogP) is 0.440. The fourth-order valence-electron chi connectivity index (χ4n) is 2.16. The summed E-state index contributed by atoms with van der Waals surface area (Å²) >= 11 is 0. The molecular weight excluding hydrogens is 154 g/mol. The normalized spacial score (nSPS) is 37.9. The summed E-state index contributed by atoms with van der Waals surface area (Å²) in [5, 5.41) is 0. The third-order valence-electron chi connectivity index (χ3n) is 3.14. The molecule has 0 aromatic rings. The molecule has 0 saturated carbocycles. The van der Waals surface area contributed by atoms with E-state index in [4.69, 9.17) is 4.74 Å². The Bertz CT molecular complexity index is 197. The highest BCUT2D eigenvalue weighted by Gasteiger charge is 2.42. The minimum atomic E-state index is 0.0648. The summed E-state index contributed by atoms with van der Waals surface area (Å²) in [5.41, 5.74) is 0.0648. The van der Waals surface area contributed by atoms with E-state index in [1.165, 1.54) is 0 Å². The van der Waals surface area contributed by atoms with Gasteiger partial charge in [0.25, 0.3) is 0 Å². The number of likely N-dealkylation sites (N-methyl/N-ethyl adjacent to an activating group) is 1. The van der Waals surface area contributed by atoms with Gasteiger partial charge in [-0.2, -0.15) is 0 Å². The van der Waals surface area contributed by atoms with Gasteiger partial charge < -0.3 is 4.74 Å². The number of hydrogen-bond donors (Lipinski definition) is 0. The van der Waals surface area contributed by atoms with Crippen molar-refractivity contribution in [3.05, 3.63) is 0 Å². The van der Waals surface area contributed by atoms with Crippen LogP contribution in [0.1, 0.15) is 19.3 Å². The van der Waals surface area contributed by atoms with Crippen LogP contribution in [-0.2, 0) is 9.53 Å². The highest BCUT2D eigenvalue weighted by atomic mass is 16.5. The molecule has 0 N–H and O–H groups in total. The SMILES string of the molecule is CN1CCC(=O)CC12CCOC2. The molecule has 0 aliphatic carbocycles. The molecule has 0 radical (unpaired) electrons. The Labute approximate surface area is 72.7 Å². The number of carbonyl (C=O) groups is 1. The van der Waals surface area contributed by atoms with Crippen molar-refractivity contribution in [1.29, 1.82) is 0 Å². The average molecular weight is 169 g/mol. The lowest BCUT2D eigenvalue weighted by atomic mass is 9.86. The Kier molecular flexibility index (Phi) is 1.93. The zero-order valence-corrected chi connectivity index (χ0v) is 7.51. The van der Waals surface area contributed by atoms with Crippen molar-refractivity contribution < 1.29 is 9.53 Å². The van der Waals surface area contributed by atoms with Crippen molar-refractivity contribution in [2.45, 2.75) is 24.8 Å². The highest BCUT2D eigenvalue weighted by molar-refractivity contribution is 5.80. The first-order chi connectivity index (χ1) is 5.73. The number of ketones is 1. The number of hydrogen-bond acceptors (Lipinski definition) is 3. The van der Waals surface area contributed by atoms with Crippen molar-refractivity contribution in [2.24, 2.45) is 0 Å². The zero-order chi connectivity index (χ0) is 8.60. The molecular formula is C9H15NO2. The van der Waals surface area contributed by atoms with E-state index in [9.17, 15) is 4.79 Å². The van der Waals surface area contributed by atoms with Gasteiger partial charge in [0.2, 0.25) is 0 Å². The van der Waals surface area contributed by atoms with Gasteiger partial charge >= 0.3 is 0 Å². The summed E-state index contributed by atoms with van der Waals surface area (Å²) in [5.74, 6) is 0.401. The number of likely N-dealkylation sites (tertiary alicyclic amines) is 1. The fourth-order valence-corrected chi connectivity index (χ4v) is 2.16. The number of rotatable bonds is 0. The van der Waals surface area contributed by atoms with Crippen LogP contribution in [0.15, 0.2) is 0 Å². The van der Waals surface area contributed by atoms with Crippen molar-refractivity contribution in [1.82, 2.24) is 4.90 Å². The van der Waals surface area contributed by atoms with Crippen LogP contribution in [0.4, 0.5) is 0 Å². The summed E-state index contributed by atoms with van der Waals surface area (Å²) in [7, 11) is 2.10. The monoisotopic (exact) mass is 169 g/mol. The van der Waals surface area contributed by atoms with Gasteiger partial charge in [-0.3, -0.25) is 9.69 Å². The molecule has 2 saturated heterocycles. The second-order valence-electron chi connectivity index (χ2n) is 3.91. The number of Topliss-reactive ketones (excluding diaryl/α,β-unsaturated/α-hetero) is 1. The Balaban J connectivity index is 2.14. The molecule has 0 aromatic heterocycles. The Morgan fingerprint density at radius 3 is 3.08 bits per heavy atom. The van der Waals surface area contributed by atoms with E-state index in [0.717, 1.165) is 32.6 Å². The Morgan fingerprint density at radius 1 is 1.58 bits per heavy atom. The van der Waals surface area contributed by atoms with E-state index in [1.54, 1.807) is 0 Å². The summed E-state index contributed by atoms with van der Waals surface area (Å²) in [6.45, 7) is 2.47. The molecule has 12 heavy (non-hydrogen) atoms. The third-order valence-corrected chi connectivity index (χ3v) is 3.14. The summed E-state index contributed by atoms with van der Waals surface area (Å²) in [4.78, 5) is 13.6. The van der Waals surface area contributed by atoms with Gasteiger partial charge in [-0.1, -0.05) is 0 Å². The van der Waals surface area contributed by atoms with Gasteiger partial charge in [0.1, 0.15) is 5.78 Å². The average Bonchev–Trinajstić information content (AvgIpc) is 2.48. The molecule has 0 bridgehead atoms. The molecule has 2 aliphatic heterocycles. The Hall–Kier alpha value is -0.410. The molecule has 3 heteroatoms. The van der Waals surface area contributed by atoms with Crippen molar-refractivity contribution in [2.75, 3.05) is 26.8 Å². The fraction of sp³-hybridized carbons (Fsp3) is 0.889. The topological polar surface area (TPSA) is 29.5 Å². The molecule has 2 aliphatic rings. The largest absolute Gasteiger partial charge is 0.379 e. The van der Waals surface area contributed by atoms with Crippen molar-refractivity contribution >= 4 is 5.78 Å². The third kappa shape index (κ3) is 1.17. The number of nitrogens with zero attached hydrogens (tertiary/aromatic N) is 1. The second-order valence-corrected chi connectivity index (χ2v) is 3.91. The summed E-state index contributed by atoms with van der Waals surface area (Å²) < 4.78 is 5.36. The van der Waals surface area contributed by atoms with E-state index in [1.807, 2.05) is 0 Å². The maximum absolute atomic E-state index is 11.3. The molecule has 0 amide bonds. The molecule has 2 fully saturated rings. The Morgan fingerprint density at radius 2 is 2.42 bits per heavy atom. The number of piperidine rings is 1. The minimum absolute atomic E-state index is 0.0648. The van der Waals surface area contributed by atoms with Gasteiger partial charge in [0, 0.05) is 26.0 Å². The first-order valence-corrected chi connectivity index (χ1v) is 4.54. The standard InChI is InChI=1S/C9H15NO2/c1-10-4-2-8(11)6-9(10)3-5-12-7-9/h2-7H2,1H3. The molecule has 1 unspecified atom stereocenters. The molecule has 2 heterocycles. The van der Waals surface area contributed by atoms with E-state index in [-0.39, 0.29) is 5.54 Å². The van der Waals surface area contributed by atoms with Crippen LogP contribution < -0.4 is 0 Å². The van der Waals surface area contributed by atoms with E-state index >= 15 is 0 Å². The van der Waals surface area contributed by atoms with Gasteiger partial charge in [0.15, 0.2) is 0 Å². The molecule has 2 rings (SSSR count). The zero-order valence-electron chi connectivity index (χ0n) is 7.51. The van der Waals surface area contributed by atoms with Crippen LogP contribution >= 0.6 is 0 Å². The summed E-state index contributed by atoms with van der Waals surface area (Å²) in [6, 6.07) is 0. The molecule has 0 aromatic carbocycles. The molecule has 3 nitrogen and oxygen atoms in total. The smallest absolute Gasteiger partial charge is 0.136 e. The highest BCUT2D eigenvalue weighted by Crippen LogP contribution is 2.32. The summed E-state index contributed by atoms with van der Waals surface area (Å²) in [6.07, 6.45) is 2.44. The first-order valence-electron chi connectivity index (χ1n) is 4.54. The quantitative estimate of drug-likeness (QED) is 0.527. The van der Waals surface area contributed by atoms with Gasteiger partial charge in [0.05, 0.1) is 12.1 Å². The van der Waals surface area contributed by atoms with Crippen molar-refractivity contribution in [3.8, 4) is 0 Å². The van der Waals surface area contributed by atoms with Crippen LogP contribution in [0.25, 0.3) is 0 Å². The molecule has 1 atom stereocenters. The first kappa shape index (κ1) is 8.20. The lowest BCUT2D eigenvalue weighted by Gasteiger charge is -2.40. The van der Waals surface area contributed by atoms with E-state index < -0.39 is 0 Å². The lowest BCUT2D eigenvalue weighted by molar-refractivity contribution is -0.126. The lowest BCUT2D eigenvalue weighted by Crippen LogP contribution is -2.52. The van der Waals surface area contributed by atoms with Crippen molar-refractivity contribution in [3.63, 3.8) is 0 Å². The number of carbonyl (C=O) groups excluding carboxylic acids is 1. The van der Waals surface area contributed by atoms with Gasteiger partial charge in [-0.15, -0.1) is 0 Å². The molecule has 68 valence electrons. The van der Waals surface area contributed by atoms with Gasteiger partial charge in [-0.25, -0.2) is 0 Å². The second kappa shape index (κ2) is 2.82. The van der Waals surface area contributed by atoms with Crippen LogP contribution in [0.5, 0.6) is 0 Å². The van der Waals surface area contributed by atoms with Crippen LogP contribution in [0.3, 0.4) is 0 Å². The van der Waals surface area contributed by atoms with Crippen LogP contribution in [0.2, 0.25) is 0 Å². The number of ether oxygens (including phenoxy) is 1. The van der Waals surface area contributed by atoms with Gasteiger partial charge in [-0.05, 0) is 13.5 Å². The van der Waals surface area contributed by atoms with E-state index in [2.05, 4.69) is 11.9 Å². The predicted molar refractivity (Wildman–Crippen MR) is 45.0 cm³/mol. The molecule has 1 spiro atoms. The van der Waals surface area contributed by atoms with E-state index in [0.29, 0.717) is 12.2 Å². The van der Waals surface area contributed by atoms with Crippen LogP contribution in [0, 0.1) is 0 Å². The maximum Gasteiger partial charge on any atom is 0.136 e. The van der Waals surface area contributed by atoms with Crippen LogP contribution in [-0.4, -0.2) is 43.0 Å².